The topological polar surface area (TPSA) is 69.2 Å². The van der Waals surface area contributed by atoms with Crippen molar-refractivity contribution in [3.05, 3.63) is 72.1 Å². The minimum absolute atomic E-state index is 0.779. The van der Waals surface area contributed by atoms with E-state index in [0.717, 1.165) is 81.1 Å². The Hall–Kier alpha value is -4.46. The molecule has 0 atom stereocenters. The molecule has 0 bridgehead atoms. The van der Waals surface area contributed by atoms with Crippen molar-refractivity contribution in [1.29, 1.82) is 0 Å². The van der Waals surface area contributed by atoms with Gasteiger partial charge >= 0.3 is 0 Å². The fourth-order valence-electron chi connectivity index (χ4n) is 4.59. The van der Waals surface area contributed by atoms with Gasteiger partial charge in [0.2, 0.25) is 0 Å². The van der Waals surface area contributed by atoms with Crippen LogP contribution in [0.25, 0.3) is 22.5 Å². The van der Waals surface area contributed by atoms with E-state index < -0.39 is 0 Å². The van der Waals surface area contributed by atoms with Crippen molar-refractivity contribution in [3.63, 3.8) is 0 Å². The highest BCUT2D eigenvalue weighted by molar-refractivity contribution is 5.68. The molecule has 2 heterocycles. The molecule has 4 rings (SSSR count). The third-order valence-electron chi connectivity index (χ3n) is 7.24. The number of ether oxygens (including phenoxy) is 4. The number of hydrogen-bond donors (Lipinski definition) is 0. The van der Waals surface area contributed by atoms with Crippen molar-refractivity contribution in [2.75, 3.05) is 65.4 Å². The van der Waals surface area contributed by atoms with Gasteiger partial charge in [0.15, 0.2) is 0 Å². The van der Waals surface area contributed by atoms with Crippen LogP contribution in [0.15, 0.2) is 60.9 Å². The average molecular weight is 543 g/mol. The Labute approximate surface area is 237 Å². The molecule has 0 aliphatic carbocycles. The van der Waals surface area contributed by atoms with Crippen molar-refractivity contribution in [1.82, 2.24) is 9.97 Å². The first-order chi connectivity index (χ1) is 19.3. The fourth-order valence-corrected chi connectivity index (χ4v) is 4.59. The van der Waals surface area contributed by atoms with Crippen molar-refractivity contribution < 1.29 is 18.9 Å². The van der Waals surface area contributed by atoms with Crippen LogP contribution in [0.2, 0.25) is 0 Å². The lowest BCUT2D eigenvalue weighted by Gasteiger charge is -2.25. The summed E-state index contributed by atoms with van der Waals surface area (Å²) in [7, 11) is 10.8. The number of methoxy groups -OCH3 is 4. The zero-order chi connectivity index (χ0) is 28.8. The lowest BCUT2D eigenvalue weighted by Crippen LogP contribution is -2.30. The monoisotopic (exact) mass is 542 g/mol. The highest BCUT2D eigenvalue weighted by Crippen LogP contribution is 2.35. The normalized spacial score (nSPS) is 10.7. The summed E-state index contributed by atoms with van der Waals surface area (Å²) >= 11 is 0. The number of aromatic nitrogens is 2. The first-order valence-corrected chi connectivity index (χ1v) is 13.1. The Kier molecular flexibility index (Phi) is 8.99. The van der Waals surface area contributed by atoms with Gasteiger partial charge in [0, 0.05) is 49.4 Å². The summed E-state index contributed by atoms with van der Waals surface area (Å²) in [5.74, 6) is 3.12. The van der Waals surface area contributed by atoms with E-state index in [4.69, 9.17) is 28.9 Å². The zero-order valence-corrected chi connectivity index (χ0v) is 24.6. The van der Waals surface area contributed by atoms with Gasteiger partial charge in [-0.15, -0.1) is 0 Å². The van der Waals surface area contributed by atoms with Gasteiger partial charge in [0.25, 0.3) is 0 Å². The van der Waals surface area contributed by atoms with E-state index in [1.54, 1.807) is 28.4 Å². The number of benzene rings is 2. The molecule has 0 fully saturated rings. The van der Waals surface area contributed by atoms with Gasteiger partial charge in [0.05, 0.1) is 63.6 Å². The van der Waals surface area contributed by atoms with E-state index in [2.05, 4.69) is 36.0 Å². The van der Waals surface area contributed by atoms with E-state index in [1.807, 2.05) is 62.6 Å². The van der Waals surface area contributed by atoms with Crippen LogP contribution >= 0.6 is 0 Å². The molecule has 0 aliphatic rings. The van der Waals surface area contributed by atoms with Crippen LogP contribution in [-0.4, -0.2) is 65.6 Å². The maximum atomic E-state index is 5.52. The van der Waals surface area contributed by atoms with Crippen LogP contribution < -0.4 is 28.7 Å². The lowest BCUT2D eigenvalue weighted by molar-refractivity contribution is 0.389. The standard InChI is InChI=1S/C32H38N4O4/c1-21-29(37-5)15-23(16-30(21)38-6)27-11-9-25(19-33-27)35(3)13-14-36(4)26-10-12-28(34-20-26)24-17-31(39-7)22(2)32(18-24)40-8/h9-12,15-20H,13-14H2,1-8H3. The number of nitrogens with zero attached hydrogens (tertiary/aromatic N) is 4. The molecule has 0 saturated carbocycles. The number of hydrogen-bond acceptors (Lipinski definition) is 8. The number of pyridine rings is 2. The van der Waals surface area contributed by atoms with Crippen LogP contribution in [0, 0.1) is 13.8 Å². The van der Waals surface area contributed by atoms with Gasteiger partial charge < -0.3 is 28.7 Å². The Morgan fingerprint density at radius 3 is 1.12 bits per heavy atom. The molecule has 0 radical (unpaired) electrons. The maximum absolute atomic E-state index is 5.52. The number of likely N-dealkylation sites (N-methyl/N-ethyl adjacent to an activating group) is 2. The van der Waals surface area contributed by atoms with Crippen LogP contribution in [0.3, 0.4) is 0 Å². The molecule has 40 heavy (non-hydrogen) atoms. The SMILES string of the molecule is COc1cc(-c2ccc(N(C)CCN(C)c3ccc(-c4cc(OC)c(C)c(OC)c4)nc3)cn2)cc(OC)c1C. The Morgan fingerprint density at radius 1 is 0.550 bits per heavy atom. The second kappa shape index (κ2) is 12.6. The molecular weight excluding hydrogens is 504 g/mol. The molecular formula is C32H38N4O4. The summed E-state index contributed by atoms with van der Waals surface area (Å²) in [6.07, 6.45) is 3.79. The van der Waals surface area contributed by atoms with Crippen molar-refractivity contribution in [2.24, 2.45) is 0 Å². The molecule has 8 heteroatoms. The van der Waals surface area contributed by atoms with Crippen molar-refractivity contribution in [2.45, 2.75) is 13.8 Å². The summed E-state index contributed by atoms with van der Waals surface area (Å²) in [6.45, 7) is 5.59. The minimum Gasteiger partial charge on any atom is -0.496 e. The van der Waals surface area contributed by atoms with Gasteiger partial charge in [-0.25, -0.2) is 0 Å². The minimum atomic E-state index is 0.779. The molecule has 0 unspecified atom stereocenters. The van der Waals surface area contributed by atoms with Gasteiger partial charge in [-0.3, -0.25) is 9.97 Å². The molecule has 210 valence electrons. The molecule has 0 aliphatic heterocycles. The lowest BCUT2D eigenvalue weighted by atomic mass is 10.1. The summed E-state index contributed by atoms with van der Waals surface area (Å²) in [4.78, 5) is 13.8. The van der Waals surface area contributed by atoms with Crippen LogP contribution in [-0.2, 0) is 0 Å². The maximum Gasteiger partial charge on any atom is 0.126 e. The fraction of sp³-hybridized carbons (Fsp3) is 0.312. The molecule has 0 spiro atoms. The molecule has 8 nitrogen and oxygen atoms in total. The summed E-state index contributed by atoms with van der Waals surface area (Å²) in [5, 5.41) is 0. The van der Waals surface area contributed by atoms with Gasteiger partial charge in [-0.1, -0.05) is 0 Å². The van der Waals surface area contributed by atoms with E-state index in [9.17, 15) is 0 Å². The predicted molar refractivity (Wildman–Crippen MR) is 162 cm³/mol. The summed E-state index contributed by atoms with van der Waals surface area (Å²) in [5.41, 5.74) is 7.64. The Balaban J connectivity index is 1.40. The average Bonchev–Trinajstić information content (AvgIpc) is 3.00. The van der Waals surface area contributed by atoms with Crippen LogP contribution in [0.1, 0.15) is 11.1 Å². The molecule has 2 aromatic heterocycles. The van der Waals surface area contributed by atoms with Crippen LogP contribution in [0.4, 0.5) is 11.4 Å². The second-order valence-corrected chi connectivity index (χ2v) is 9.66. The van der Waals surface area contributed by atoms with E-state index in [-0.39, 0.29) is 0 Å². The predicted octanol–water partition coefficient (Wildman–Crippen LogP) is 6.03. The van der Waals surface area contributed by atoms with E-state index in [1.165, 1.54) is 0 Å². The van der Waals surface area contributed by atoms with Gasteiger partial charge in [-0.05, 0) is 62.4 Å². The first kappa shape index (κ1) is 28.5. The van der Waals surface area contributed by atoms with Crippen molar-refractivity contribution in [3.8, 4) is 45.5 Å². The summed E-state index contributed by atoms with van der Waals surface area (Å²) < 4.78 is 22.1. The van der Waals surface area contributed by atoms with Crippen molar-refractivity contribution >= 4 is 11.4 Å². The zero-order valence-electron chi connectivity index (χ0n) is 24.6. The third-order valence-corrected chi connectivity index (χ3v) is 7.24. The van der Waals surface area contributed by atoms with Gasteiger partial charge in [-0.2, -0.15) is 0 Å². The third kappa shape index (κ3) is 6.06. The highest BCUT2D eigenvalue weighted by Gasteiger charge is 2.13. The Bertz CT molecular complexity index is 1280. The largest absolute Gasteiger partial charge is 0.496 e. The molecule has 0 saturated heterocycles. The highest BCUT2D eigenvalue weighted by atomic mass is 16.5. The van der Waals surface area contributed by atoms with E-state index >= 15 is 0 Å². The molecule has 2 aromatic carbocycles. The summed E-state index contributed by atoms with van der Waals surface area (Å²) in [6, 6.07) is 16.2. The van der Waals surface area contributed by atoms with Crippen LogP contribution in [0.5, 0.6) is 23.0 Å². The first-order valence-electron chi connectivity index (χ1n) is 13.1. The molecule has 0 N–H and O–H groups in total. The Morgan fingerprint density at radius 2 is 0.875 bits per heavy atom. The number of rotatable bonds is 11. The number of anilines is 2. The van der Waals surface area contributed by atoms with Gasteiger partial charge in [0.1, 0.15) is 23.0 Å². The second-order valence-electron chi connectivity index (χ2n) is 9.66. The van der Waals surface area contributed by atoms with E-state index in [0.29, 0.717) is 0 Å². The molecule has 0 amide bonds. The quantitative estimate of drug-likeness (QED) is 0.227. The molecule has 4 aromatic rings. The smallest absolute Gasteiger partial charge is 0.126 e.